The van der Waals surface area contributed by atoms with Crippen molar-refractivity contribution in [3.63, 3.8) is 0 Å². The van der Waals surface area contributed by atoms with Gasteiger partial charge in [-0.2, -0.15) is 0 Å². The summed E-state index contributed by atoms with van der Waals surface area (Å²) in [5, 5.41) is 5.44. The lowest BCUT2D eigenvalue weighted by Gasteiger charge is -2.29. The van der Waals surface area contributed by atoms with Gasteiger partial charge in [-0.3, -0.25) is 15.0 Å². The molecule has 2 rings (SSSR count). The van der Waals surface area contributed by atoms with Crippen LogP contribution in [-0.2, 0) is 4.79 Å². The van der Waals surface area contributed by atoms with Gasteiger partial charge < -0.3 is 5.32 Å². The lowest BCUT2D eigenvalue weighted by Crippen LogP contribution is -2.49. The molecule has 0 aromatic carbocycles. The third kappa shape index (κ3) is 5.65. The number of rotatable bonds is 3. The summed E-state index contributed by atoms with van der Waals surface area (Å²) in [5.41, 5.74) is 0. The van der Waals surface area contributed by atoms with Crippen LogP contribution >= 0.6 is 0 Å². The number of imide groups is 1. The summed E-state index contributed by atoms with van der Waals surface area (Å²) in [7, 11) is 0. The highest BCUT2D eigenvalue weighted by atomic mass is 16.2. The highest BCUT2D eigenvalue weighted by Crippen LogP contribution is 2.23. The topological polar surface area (TPSA) is 61.4 Å². The number of hydrogen-bond acceptors (Lipinski definition) is 3. The molecule has 2 N–H and O–H groups in total. The SMILES string of the molecule is CC1CCCCC1NC(=O)NC(=O)CN1CCCCCC1. The van der Waals surface area contributed by atoms with Gasteiger partial charge in [0.05, 0.1) is 6.54 Å². The van der Waals surface area contributed by atoms with Gasteiger partial charge in [-0.15, -0.1) is 0 Å². The second-order valence-corrected chi connectivity index (χ2v) is 6.58. The fraction of sp³-hybridized carbons (Fsp3) is 0.875. The molecule has 21 heavy (non-hydrogen) atoms. The Morgan fingerprint density at radius 1 is 1.00 bits per heavy atom. The average molecular weight is 295 g/mol. The van der Waals surface area contributed by atoms with Crippen LogP contribution < -0.4 is 10.6 Å². The lowest BCUT2D eigenvalue weighted by molar-refractivity contribution is -0.121. The predicted octanol–water partition coefficient (Wildman–Crippen LogP) is 2.27. The van der Waals surface area contributed by atoms with Crippen molar-refractivity contribution in [3.8, 4) is 0 Å². The first-order valence-corrected chi connectivity index (χ1v) is 8.48. The Kier molecular flexibility index (Phi) is 6.49. The minimum Gasteiger partial charge on any atom is -0.335 e. The zero-order chi connectivity index (χ0) is 15.1. The van der Waals surface area contributed by atoms with Crippen molar-refractivity contribution in [1.29, 1.82) is 0 Å². The van der Waals surface area contributed by atoms with Gasteiger partial charge in [0.1, 0.15) is 0 Å². The van der Waals surface area contributed by atoms with Gasteiger partial charge in [-0.25, -0.2) is 4.79 Å². The summed E-state index contributed by atoms with van der Waals surface area (Å²) >= 11 is 0. The first-order valence-electron chi connectivity index (χ1n) is 8.48. The fourth-order valence-electron chi connectivity index (χ4n) is 3.40. The van der Waals surface area contributed by atoms with Crippen LogP contribution in [0.3, 0.4) is 0 Å². The summed E-state index contributed by atoms with van der Waals surface area (Å²) < 4.78 is 0. The van der Waals surface area contributed by atoms with Gasteiger partial charge in [-0.1, -0.05) is 32.6 Å². The molecule has 1 saturated heterocycles. The van der Waals surface area contributed by atoms with Crippen LogP contribution in [0, 0.1) is 5.92 Å². The Morgan fingerprint density at radius 2 is 1.67 bits per heavy atom. The molecule has 1 aliphatic carbocycles. The van der Waals surface area contributed by atoms with E-state index in [0.717, 1.165) is 45.2 Å². The number of nitrogens with zero attached hydrogens (tertiary/aromatic N) is 1. The molecule has 5 nitrogen and oxygen atoms in total. The summed E-state index contributed by atoms with van der Waals surface area (Å²) in [5.74, 6) is 0.322. The van der Waals surface area contributed by atoms with Crippen LogP contribution in [-0.4, -0.2) is 42.5 Å². The monoisotopic (exact) mass is 295 g/mol. The van der Waals surface area contributed by atoms with Crippen LogP contribution in [0.1, 0.15) is 58.3 Å². The Bertz CT molecular complexity index is 351. The van der Waals surface area contributed by atoms with E-state index in [-0.39, 0.29) is 18.0 Å². The third-order valence-electron chi connectivity index (χ3n) is 4.75. The number of carbonyl (C=O) groups is 2. The van der Waals surface area contributed by atoms with Gasteiger partial charge in [-0.05, 0) is 44.7 Å². The van der Waals surface area contributed by atoms with E-state index in [0.29, 0.717) is 12.5 Å². The van der Waals surface area contributed by atoms with Crippen LogP contribution in [0.25, 0.3) is 0 Å². The number of amides is 3. The summed E-state index contributed by atoms with van der Waals surface area (Å²) in [4.78, 5) is 26.0. The number of likely N-dealkylation sites (tertiary alicyclic amines) is 1. The molecule has 2 aliphatic rings. The Morgan fingerprint density at radius 3 is 2.33 bits per heavy atom. The van der Waals surface area contributed by atoms with Crippen molar-refractivity contribution in [2.75, 3.05) is 19.6 Å². The van der Waals surface area contributed by atoms with E-state index >= 15 is 0 Å². The smallest absolute Gasteiger partial charge is 0.321 e. The zero-order valence-corrected chi connectivity index (χ0v) is 13.2. The van der Waals surface area contributed by atoms with Crippen molar-refractivity contribution >= 4 is 11.9 Å². The van der Waals surface area contributed by atoms with E-state index in [2.05, 4.69) is 22.5 Å². The quantitative estimate of drug-likeness (QED) is 0.839. The average Bonchev–Trinajstić information content (AvgIpc) is 2.69. The molecular weight excluding hydrogens is 266 g/mol. The summed E-state index contributed by atoms with van der Waals surface area (Å²) in [6.07, 6.45) is 9.39. The maximum atomic E-state index is 11.9. The molecule has 120 valence electrons. The van der Waals surface area contributed by atoms with Gasteiger partial charge in [0.2, 0.25) is 5.91 Å². The molecule has 2 unspecified atom stereocenters. The van der Waals surface area contributed by atoms with Crippen LogP contribution in [0.4, 0.5) is 4.79 Å². The molecule has 3 amide bonds. The molecule has 0 radical (unpaired) electrons. The highest BCUT2D eigenvalue weighted by Gasteiger charge is 2.23. The van der Waals surface area contributed by atoms with Crippen molar-refractivity contribution in [2.45, 2.75) is 64.3 Å². The van der Waals surface area contributed by atoms with Gasteiger partial charge >= 0.3 is 6.03 Å². The zero-order valence-electron chi connectivity index (χ0n) is 13.2. The van der Waals surface area contributed by atoms with Gasteiger partial charge in [0.15, 0.2) is 0 Å². The highest BCUT2D eigenvalue weighted by molar-refractivity contribution is 5.95. The lowest BCUT2D eigenvalue weighted by atomic mass is 9.86. The number of nitrogens with one attached hydrogen (secondary N) is 2. The van der Waals surface area contributed by atoms with Crippen LogP contribution in [0.2, 0.25) is 0 Å². The second-order valence-electron chi connectivity index (χ2n) is 6.58. The Hall–Kier alpha value is -1.10. The van der Waals surface area contributed by atoms with Gasteiger partial charge in [0.25, 0.3) is 0 Å². The molecule has 0 bridgehead atoms. The maximum absolute atomic E-state index is 11.9. The summed E-state index contributed by atoms with van der Waals surface area (Å²) in [6.45, 7) is 4.44. The third-order valence-corrected chi connectivity index (χ3v) is 4.75. The Labute approximate surface area is 127 Å². The fourth-order valence-corrected chi connectivity index (χ4v) is 3.40. The predicted molar refractivity (Wildman–Crippen MR) is 83.0 cm³/mol. The molecule has 0 aromatic rings. The Balaban J connectivity index is 1.69. The normalized spacial score (nSPS) is 27.7. The molecule has 1 heterocycles. The molecule has 5 heteroatoms. The van der Waals surface area contributed by atoms with Crippen LogP contribution in [0.15, 0.2) is 0 Å². The van der Waals surface area contributed by atoms with Crippen molar-refractivity contribution in [3.05, 3.63) is 0 Å². The number of urea groups is 1. The molecule has 0 aromatic heterocycles. The molecule has 1 saturated carbocycles. The number of carbonyl (C=O) groups excluding carboxylic acids is 2. The van der Waals surface area contributed by atoms with Crippen molar-refractivity contribution in [1.82, 2.24) is 15.5 Å². The van der Waals surface area contributed by atoms with E-state index in [1.165, 1.54) is 19.3 Å². The second kappa shape index (κ2) is 8.37. The van der Waals surface area contributed by atoms with Crippen molar-refractivity contribution in [2.24, 2.45) is 5.92 Å². The first-order chi connectivity index (χ1) is 10.1. The molecule has 1 aliphatic heterocycles. The standard InChI is InChI=1S/C16H29N3O2/c1-13-8-4-5-9-14(13)17-16(21)18-15(20)12-19-10-6-2-3-7-11-19/h13-14H,2-12H2,1H3,(H2,17,18,20,21). The number of hydrogen-bond donors (Lipinski definition) is 2. The van der Waals surface area contributed by atoms with E-state index in [1.807, 2.05) is 0 Å². The summed E-state index contributed by atoms with van der Waals surface area (Å²) in [6, 6.07) is -0.113. The minimum absolute atomic E-state index is 0.183. The van der Waals surface area contributed by atoms with E-state index < -0.39 is 0 Å². The first kappa shape index (κ1) is 16.3. The van der Waals surface area contributed by atoms with Crippen molar-refractivity contribution < 1.29 is 9.59 Å². The van der Waals surface area contributed by atoms with E-state index in [4.69, 9.17) is 0 Å². The van der Waals surface area contributed by atoms with Crippen LogP contribution in [0.5, 0.6) is 0 Å². The molecule has 0 spiro atoms. The minimum atomic E-state index is -0.325. The largest absolute Gasteiger partial charge is 0.335 e. The molecule has 2 atom stereocenters. The molecular formula is C16H29N3O2. The van der Waals surface area contributed by atoms with E-state index in [1.54, 1.807) is 0 Å². The van der Waals surface area contributed by atoms with Gasteiger partial charge in [0, 0.05) is 6.04 Å². The molecule has 2 fully saturated rings. The maximum Gasteiger partial charge on any atom is 0.321 e. The van der Waals surface area contributed by atoms with E-state index in [9.17, 15) is 9.59 Å².